The summed E-state index contributed by atoms with van der Waals surface area (Å²) in [5, 5.41) is 6.09. The van der Waals surface area contributed by atoms with Crippen LogP contribution >= 0.6 is 0 Å². The summed E-state index contributed by atoms with van der Waals surface area (Å²) in [7, 11) is 0. The molecule has 0 aliphatic carbocycles. The molecule has 0 atom stereocenters. The molecule has 0 spiro atoms. The Hall–Kier alpha value is -0.570. The highest BCUT2D eigenvalue weighted by atomic mass is 16.1. The summed E-state index contributed by atoms with van der Waals surface area (Å²) in [6.07, 6.45) is 7.79. The molecule has 17 heavy (non-hydrogen) atoms. The number of amides is 1. The standard InChI is InChI=1S/C14H30N2O/c1-4-5-6-7-8-9-10-15-12-14(17)16-11-13(2)3/h13,15H,4-12H2,1-3H3,(H,16,17). The van der Waals surface area contributed by atoms with E-state index in [4.69, 9.17) is 0 Å². The van der Waals surface area contributed by atoms with E-state index in [0.29, 0.717) is 12.5 Å². The third-order valence-corrected chi connectivity index (χ3v) is 2.70. The predicted molar refractivity (Wildman–Crippen MR) is 74.1 cm³/mol. The third-order valence-electron chi connectivity index (χ3n) is 2.70. The molecule has 1 amide bonds. The van der Waals surface area contributed by atoms with E-state index in [9.17, 15) is 4.79 Å². The Balaban J connectivity index is 3.14. The molecule has 0 aliphatic heterocycles. The average molecular weight is 242 g/mol. The van der Waals surface area contributed by atoms with Crippen molar-refractivity contribution in [3.63, 3.8) is 0 Å². The molecular weight excluding hydrogens is 212 g/mol. The van der Waals surface area contributed by atoms with Gasteiger partial charge in [-0.3, -0.25) is 4.79 Å². The molecule has 3 heteroatoms. The van der Waals surface area contributed by atoms with Gasteiger partial charge in [0.2, 0.25) is 5.91 Å². The molecule has 0 rings (SSSR count). The Morgan fingerprint density at radius 3 is 2.35 bits per heavy atom. The Kier molecular flexibility index (Phi) is 11.5. The molecule has 102 valence electrons. The van der Waals surface area contributed by atoms with Crippen molar-refractivity contribution < 1.29 is 4.79 Å². The highest BCUT2D eigenvalue weighted by Gasteiger charge is 2.00. The maximum absolute atomic E-state index is 11.3. The van der Waals surface area contributed by atoms with E-state index in [1.807, 2.05) is 0 Å². The second-order valence-corrected chi connectivity index (χ2v) is 5.14. The SMILES string of the molecule is CCCCCCCCNCC(=O)NCC(C)C. The zero-order valence-corrected chi connectivity index (χ0v) is 11.8. The van der Waals surface area contributed by atoms with E-state index >= 15 is 0 Å². The van der Waals surface area contributed by atoms with Gasteiger partial charge in [-0.15, -0.1) is 0 Å². The fraction of sp³-hybridized carbons (Fsp3) is 0.929. The van der Waals surface area contributed by atoms with E-state index in [-0.39, 0.29) is 5.91 Å². The molecule has 2 N–H and O–H groups in total. The molecule has 0 fully saturated rings. The lowest BCUT2D eigenvalue weighted by Gasteiger charge is -2.08. The Morgan fingerprint density at radius 1 is 1.06 bits per heavy atom. The number of carbonyl (C=O) groups is 1. The zero-order valence-electron chi connectivity index (χ0n) is 11.8. The summed E-state index contributed by atoms with van der Waals surface area (Å²) in [4.78, 5) is 11.3. The number of nitrogens with one attached hydrogen (secondary N) is 2. The van der Waals surface area contributed by atoms with Crippen LogP contribution in [-0.4, -0.2) is 25.5 Å². The lowest BCUT2D eigenvalue weighted by molar-refractivity contribution is -0.120. The van der Waals surface area contributed by atoms with Crippen molar-refractivity contribution in [2.75, 3.05) is 19.6 Å². The van der Waals surface area contributed by atoms with E-state index in [0.717, 1.165) is 13.1 Å². The first-order valence-corrected chi connectivity index (χ1v) is 7.14. The van der Waals surface area contributed by atoms with Gasteiger partial charge >= 0.3 is 0 Å². The molecule has 0 aliphatic rings. The first-order chi connectivity index (χ1) is 8.16. The molecular formula is C14H30N2O. The number of hydrogen-bond donors (Lipinski definition) is 2. The van der Waals surface area contributed by atoms with Crippen LogP contribution in [0.5, 0.6) is 0 Å². The molecule has 0 radical (unpaired) electrons. The third kappa shape index (κ3) is 13.4. The van der Waals surface area contributed by atoms with Gasteiger partial charge in [-0.25, -0.2) is 0 Å². The maximum atomic E-state index is 11.3. The number of carbonyl (C=O) groups excluding carboxylic acids is 1. The van der Waals surface area contributed by atoms with Gasteiger partial charge in [0.25, 0.3) is 0 Å². The van der Waals surface area contributed by atoms with Gasteiger partial charge in [0.05, 0.1) is 6.54 Å². The minimum atomic E-state index is 0.115. The topological polar surface area (TPSA) is 41.1 Å². The van der Waals surface area contributed by atoms with Gasteiger partial charge in [-0.2, -0.15) is 0 Å². The highest BCUT2D eigenvalue weighted by Crippen LogP contribution is 2.03. The summed E-state index contributed by atoms with van der Waals surface area (Å²) in [5.74, 6) is 0.641. The summed E-state index contributed by atoms with van der Waals surface area (Å²) < 4.78 is 0. The van der Waals surface area contributed by atoms with Gasteiger partial charge in [0.15, 0.2) is 0 Å². The largest absolute Gasteiger partial charge is 0.355 e. The average Bonchev–Trinajstić information content (AvgIpc) is 2.30. The van der Waals surface area contributed by atoms with Crippen LogP contribution in [0.1, 0.15) is 59.3 Å². The van der Waals surface area contributed by atoms with Gasteiger partial charge in [0, 0.05) is 6.54 Å². The van der Waals surface area contributed by atoms with Crippen LogP contribution in [0, 0.1) is 5.92 Å². The van der Waals surface area contributed by atoms with Crippen molar-refractivity contribution in [1.29, 1.82) is 0 Å². The summed E-state index contributed by atoms with van der Waals surface area (Å²) in [6, 6.07) is 0. The lowest BCUT2D eigenvalue weighted by Crippen LogP contribution is -2.36. The smallest absolute Gasteiger partial charge is 0.233 e. The Labute approximate surface area is 107 Å². The van der Waals surface area contributed by atoms with Gasteiger partial charge in [0.1, 0.15) is 0 Å². The second-order valence-electron chi connectivity index (χ2n) is 5.14. The summed E-state index contributed by atoms with van der Waals surface area (Å²) >= 11 is 0. The van der Waals surface area contributed by atoms with Crippen LogP contribution in [0.2, 0.25) is 0 Å². The van der Waals surface area contributed by atoms with Gasteiger partial charge in [-0.1, -0.05) is 52.9 Å². The number of hydrogen-bond acceptors (Lipinski definition) is 2. The van der Waals surface area contributed by atoms with Crippen molar-refractivity contribution in [2.45, 2.75) is 59.3 Å². The van der Waals surface area contributed by atoms with Crippen molar-refractivity contribution >= 4 is 5.91 Å². The molecule has 0 saturated heterocycles. The molecule has 0 unspecified atom stereocenters. The van der Waals surface area contributed by atoms with Gasteiger partial charge in [-0.05, 0) is 18.9 Å². The molecule has 3 nitrogen and oxygen atoms in total. The van der Waals surface area contributed by atoms with E-state index in [1.165, 1.54) is 38.5 Å². The van der Waals surface area contributed by atoms with Crippen LogP contribution in [0.4, 0.5) is 0 Å². The molecule has 0 saturated carbocycles. The Morgan fingerprint density at radius 2 is 1.71 bits per heavy atom. The second kappa shape index (κ2) is 11.9. The Bertz CT molecular complexity index is 181. The minimum absolute atomic E-state index is 0.115. The summed E-state index contributed by atoms with van der Waals surface area (Å²) in [6.45, 7) is 8.63. The minimum Gasteiger partial charge on any atom is -0.355 e. The molecule has 0 aromatic carbocycles. The highest BCUT2D eigenvalue weighted by molar-refractivity contribution is 5.77. The summed E-state index contributed by atoms with van der Waals surface area (Å²) in [5.41, 5.74) is 0. The van der Waals surface area contributed by atoms with Crippen LogP contribution in [0.3, 0.4) is 0 Å². The van der Waals surface area contributed by atoms with Crippen molar-refractivity contribution in [2.24, 2.45) is 5.92 Å². The fourth-order valence-corrected chi connectivity index (χ4v) is 1.61. The fourth-order valence-electron chi connectivity index (χ4n) is 1.61. The van der Waals surface area contributed by atoms with E-state index in [1.54, 1.807) is 0 Å². The van der Waals surface area contributed by atoms with Crippen LogP contribution < -0.4 is 10.6 Å². The molecule has 0 aromatic rings. The quantitative estimate of drug-likeness (QED) is 0.547. The van der Waals surface area contributed by atoms with E-state index in [2.05, 4.69) is 31.4 Å². The van der Waals surface area contributed by atoms with Gasteiger partial charge < -0.3 is 10.6 Å². The monoisotopic (exact) mass is 242 g/mol. The number of unbranched alkanes of at least 4 members (excludes halogenated alkanes) is 5. The first-order valence-electron chi connectivity index (χ1n) is 7.14. The molecule has 0 bridgehead atoms. The molecule has 0 heterocycles. The van der Waals surface area contributed by atoms with Crippen molar-refractivity contribution in [3.05, 3.63) is 0 Å². The molecule has 0 aromatic heterocycles. The predicted octanol–water partition coefficient (Wildman–Crippen LogP) is 2.71. The van der Waals surface area contributed by atoms with Crippen LogP contribution in [-0.2, 0) is 4.79 Å². The van der Waals surface area contributed by atoms with E-state index < -0.39 is 0 Å². The van der Waals surface area contributed by atoms with Crippen molar-refractivity contribution in [1.82, 2.24) is 10.6 Å². The normalized spacial score (nSPS) is 10.8. The van der Waals surface area contributed by atoms with Crippen LogP contribution in [0.15, 0.2) is 0 Å². The van der Waals surface area contributed by atoms with Crippen molar-refractivity contribution in [3.8, 4) is 0 Å². The first kappa shape index (κ1) is 16.4. The zero-order chi connectivity index (χ0) is 12.9. The number of rotatable bonds is 11. The lowest BCUT2D eigenvalue weighted by atomic mass is 10.1. The maximum Gasteiger partial charge on any atom is 0.233 e. The van der Waals surface area contributed by atoms with Crippen LogP contribution in [0.25, 0.3) is 0 Å².